The monoisotopic (exact) mass is 500 g/mol. The molecule has 1 amide bonds. The number of benzene rings is 2. The first kappa shape index (κ1) is 24.6. The van der Waals surface area contributed by atoms with Crippen LogP contribution in [-0.4, -0.2) is 46.8 Å². The first-order valence-electron chi connectivity index (χ1n) is 10.5. The van der Waals surface area contributed by atoms with Gasteiger partial charge in [-0.1, -0.05) is 30.3 Å². The molecule has 0 N–H and O–H groups in total. The number of carbonyl (C=O) groups excluding carboxylic acids is 1. The van der Waals surface area contributed by atoms with Crippen molar-refractivity contribution in [2.45, 2.75) is 18.9 Å². The van der Waals surface area contributed by atoms with Gasteiger partial charge in [-0.05, 0) is 24.3 Å². The summed E-state index contributed by atoms with van der Waals surface area (Å²) < 4.78 is 96.0. The van der Waals surface area contributed by atoms with Gasteiger partial charge in [0.1, 0.15) is 23.6 Å². The molecule has 4 rings (SSSR count). The molecule has 0 saturated carbocycles. The predicted molar refractivity (Wildman–Crippen MR) is 113 cm³/mol. The lowest BCUT2D eigenvalue weighted by atomic mass is 10.1. The molecule has 35 heavy (non-hydrogen) atoms. The van der Waals surface area contributed by atoms with Crippen LogP contribution >= 0.6 is 0 Å². The van der Waals surface area contributed by atoms with Crippen LogP contribution in [0.2, 0.25) is 0 Å². The van der Waals surface area contributed by atoms with Crippen LogP contribution in [0, 0.1) is 5.82 Å². The lowest BCUT2D eigenvalue weighted by Gasteiger charge is -2.36. The molecule has 0 aliphatic carbocycles. The highest BCUT2D eigenvalue weighted by Gasteiger charge is 2.50. The molecule has 0 radical (unpaired) electrons. The van der Waals surface area contributed by atoms with Gasteiger partial charge < -0.3 is 9.80 Å². The third-order valence-electron chi connectivity index (χ3n) is 5.66. The van der Waals surface area contributed by atoms with Gasteiger partial charge in [0.2, 0.25) is 5.91 Å². The third kappa shape index (κ3) is 5.25. The maximum absolute atomic E-state index is 13.8. The van der Waals surface area contributed by atoms with Gasteiger partial charge in [-0.2, -0.15) is 31.4 Å². The van der Waals surface area contributed by atoms with Gasteiger partial charge in [-0.15, -0.1) is 0 Å². The Labute approximate surface area is 195 Å². The molecule has 1 saturated heterocycles. The van der Waals surface area contributed by atoms with E-state index in [0.717, 1.165) is 0 Å². The summed E-state index contributed by atoms with van der Waals surface area (Å²) in [5.41, 5.74) is -4.26. The van der Waals surface area contributed by atoms with Crippen LogP contribution in [0.25, 0.3) is 11.3 Å². The average Bonchev–Trinajstić information content (AvgIpc) is 3.21. The second-order valence-corrected chi connectivity index (χ2v) is 7.94. The smallest absolute Gasteiger partial charge is 0.368 e. The highest BCUT2D eigenvalue weighted by molar-refractivity contribution is 5.77. The second kappa shape index (κ2) is 9.23. The quantitative estimate of drug-likeness (QED) is 0.470. The van der Waals surface area contributed by atoms with Gasteiger partial charge >= 0.3 is 12.4 Å². The van der Waals surface area contributed by atoms with Crippen LogP contribution in [0.15, 0.2) is 54.6 Å². The molecule has 1 fully saturated rings. The van der Waals surface area contributed by atoms with E-state index in [9.17, 15) is 35.5 Å². The fourth-order valence-electron chi connectivity index (χ4n) is 4.03. The summed E-state index contributed by atoms with van der Waals surface area (Å²) in [6.45, 7) is -0.0777. The number of halogens is 7. The highest BCUT2D eigenvalue weighted by atomic mass is 19.4. The predicted octanol–water partition coefficient (Wildman–Crippen LogP) is 5.08. The number of aromatic nitrogens is 2. The fraction of sp³-hybridized carbons (Fsp3) is 0.304. The summed E-state index contributed by atoms with van der Waals surface area (Å²) >= 11 is 0. The summed E-state index contributed by atoms with van der Waals surface area (Å²) in [4.78, 5) is 15.9. The Bertz CT molecular complexity index is 1180. The minimum atomic E-state index is -5.40. The van der Waals surface area contributed by atoms with Crippen molar-refractivity contribution in [2.75, 3.05) is 31.1 Å². The van der Waals surface area contributed by atoms with Crippen molar-refractivity contribution in [1.82, 2.24) is 14.7 Å². The molecule has 2 heterocycles. The summed E-state index contributed by atoms with van der Waals surface area (Å²) in [6, 6.07) is 12.4. The van der Waals surface area contributed by atoms with Gasteiger partial charge in [0.25, 0.3) is 0 Å². The van der Waals surface area contributed by atoms with Crippen molar-refractivity contribution < 1.29 is 35.5 Å². The molecular formula is C23H19F7N4O. The van der Waals surface area contributed by atoms with E-state index in [2.05, 4.69) is 5.10 Å². The highest BCUT2D eigenvalue weighted by Crippen LogP contribution is 2.45. The Hall–Kier alpha value is -3.57. The third-order valence-corrected chi connectivity index (χ3v) is 5.66. The number of hydrogen-bond donors (Lipinski definition) is 0. The van der Waals surface area contributed by atoms with E-state index in [1.807, 2.05) is 4.90 Å². The van der Waals surface area contributed by atoms with Crippen LogP contribution in [-0.2, 0) is 23.7 Å². The lowest BCUT2D eigenvalue weighted by Crippen LogP contribution is -2.49. The number of hydrogen-bond acceptors (Lipinski definition) is 3. The molecule has 5 nitrogen and oxygen atoms in total. The molecule has 2 aromatic carbocycles. The maximum atomic E-state index is 13.8. The van der Waals surface area contributed by atoms with Gasteiger partial charge in [-0.25, -0.2) is 9.07 Å². The molecule has 1 aliphatic rings. The Kier molecular flexibility index (Phi) is 6.48. The van der Waals surface area contributed by atoms with Crippen LogP contribution in [0.5, 0.6) is 0 Å². The van der Waals surface area contributed by atoms with Crippen molar-refractivity contribution in [2.24, 2.45) is 0 Å². The fourth-order valence-corrected chi connectivity index (χ4v) is 4.03. The Balaban J connectivity index is 1.60. The van der Waals surface area contributed by atoms with Crippen LogP contribution in [0.1, 0.15) is 11.3 Å². The minimum absolute atomic E-state index is 0.0971. The zero-order valence-corrected chi connectivity index (χ0v) is 18.1. The SMILES string of the molecule is O=C(Cn1nc(-c2ccccc2)c(C(F)(F)F)c1C(F)(F)F)N1CCN(c2ccc(F)cc2)CC1. The van der Waals surface area contributed by atoms with E-state index in [1.165, 1.54) is 47.4 Å². The zero-order valence-electron chi connectivity index (χ0n) is 18.1. The lowest BCUT2D eigenvalue weighted by molar-refractivity contribution is -0.166. The largest absolute Gasteiger partial charge is 0.433 e. The van der Waals surface area contributed by atoms with Crippen LogP contribution < -0.4 is 4.90 Å². The number of nitrogens with zero attached hydrogens (tertiary/aromatic N) is 4. The second-order valence-electron chi connectivity index (χ2n) is 7.94. The summed E-state index contributed by atoms with van der Waals surface area (Å²) in [5, 5.41) is 3.60. The molecule has 0 spiro atoms. The molecular weight excluding hydrogens is 481 g/mol. The Morgan fingerprint density at radius 3 is 1.97 bits per heavy atom. The van der Waals surface area contributed by atoms with E-state index in [-0.39, 0.29) is 23.3 Å². The van der Waals surface area contributed by atoms with E-state index in [1.54, 1.807) is 12.1 Å². The number of anilines is 1. The van der Waals surface area contributed by atoms with Crippen LogP contribution in [0.3, 0.4) is 0 Å². The van der Waals surface area contributed by atoms with Crippen LogP contribution in [0.4, 0.5) is 36.4 Å². The molecule has 186 valence electrons. The summed E-state index contributed by atoms with van der Waals surface area (Å²) in [6.07, 6.45) is -10.7. The van der Waals surface area contributed by atoms with Crippen molar-refractivity contribution in [1.29, 1.82) is 0 Å². The molecule has 12 heteroatoms. The molecule has 3 aromatic rings. The molecule has 0 unspecified atom stereocenters. The number of carbonyl (C=O) groups is 1. The van der Waals surface area contributed by atoms with Gasteiger partial charge in [-0.3, -0.25) is 4.79 Å². The van der Waals surface area contributed by atoms with E-state index < -0.39 is 47.6 Å². The molecule has 0 atom stereocenters. The van der Waals surface area contributed by atoms with E-state index >= 15 is 0 Å². The normalized spacial score (nSPS) is 14.9. The first-order valence-corrected chi connectivity index (χ1v) is 10.5. The molecule has 1 aromatic heterocycles. The first-order chi connectivity index (χ1) is 16.4. The van der Waals surface area contributed by atoms with Gasteiger partial charge in [0.15, 0.2) is 5.69 Å². The van der Waals surface area contributed by atoms with Crippen molar-refractivity contribution >= 4 is 11.6 Å². The van der Waals surface area contributed by atoms with Gasteiger partial charge in [0, 0.05) is 37.4 Å². The summed E-state index contributed by atoms with van der Waals surface area (Å²) in [5.74, 6) is -1.19. The van der Waals surface area contributed by atoms with Crippen molar-refractivity contribution in [3.05, 3.63) is 71.7 Å². The number of piperazine rings is 1. The minimum Gasteiger partial charge on any atom is -0.368 e. The zero-order chi connectivity index (χ0) is 25.4. The standard InChI is InChI=1S/C23H19F7N4O/c24-16-6-8-17(9-7-16)32-10-12-33(13-11-32)18(35)14-34-21(23(28,29)30)19(22(25,26)27)20(31-34)15-4-2-1-3-5-15/h1-9H,10-14H2. The maximum Gasteiger partial charge on any atom is 0.433 e. The topological polar surface area (TPSA) is 41.4 Å². The van der Waals surface area contributed by atoms with Crippen molar-refractivity contribution in [3.63, 3.8) is 0 Å². The van der Waals surface area contributed by atoms with Crippen molar-refractivity contribution in [3.8, 4) is 11.3 Å². The number of amides is 1. The molecule has 1 aliphatic heterocycles. The Morgan fingerprint density at radius 2 is 1.43 bits per heavy atom. The number of alkyl halides is 6. The number of rotatable bonds is 4. The summed E-state index contributed by atoms with van der Waals surface area (Å²) in [7, 11) is 0. The van der Waals surface area contributed by atoms with E-state index in [0.29, 0.717) is 18.8 Å². The molecule has 0 bridgehead atoms. The van der Waals surface area contributed by atoms with E-state index in [4.69, 9.17) is 0 Å². The average molecular weight is 500 g/mol. The Morgan fingerprint density at radius 1 is 0.829 bits per heavy atom. The van der Waals surface area contributed by atoms with Gasteiger partial charge in [0.05, 0.1) is 0 Å².